The van der Waals surface area contributed by atoms with Crippen molar-refractivity contribution in [2.75, 3.05) is 5.32 Å². The van der Waals surface area contributed by atoms with Gasteiger partial charge in [-0.05, 0) is 37.5 Å². The Kier molecular flexibility index (Phi) is 4.67. The predicted molar refractivity (Wildman–Crippen MR) is 86.7 cm³/mol. The Hall–Kier alpha value is -1.55. The number of carbonyl (C=O) groups is 2. The molecule has 5 heteroatoms. The summed E-state index contributed by atoms with van der Waals surface area (Å²) in [6.07, 6.45) is 6.42. The second-order valence-corrected chi connectivity index (χ2v) is 6.73. The molecule has 2 aliphatic rings. The van der Waals surface area contributed by atoms with Crippen molar-refractivity contribution in [3.63, 3.8) is 0 Å². The Morgan fingerprint density at radius 2 is 1.77 bits per heavy atom. The maximum atomic E-state index is 12.2. The van der Waals surface area contributed by atoms with Crippen LogP contribution in [-0.4, -0.2) is 17.9 Å². The molecule has 2 aliphatic carbocycles. The van der Waals surface area contributed by atoms with Gasteiger partial charge in [-0.15, -0.1) is 0 Å². The van der Waals surface area contributed by atoms with Gasteiger partial charge in [0.1, 0.15) is 0 Å². The standard InChI is InChI=1S/C17H21ClN2O2/c18-11-5-4-8-13(9-11)20-17(22)15-10-14(15)16(21)19-12-6-2-1-3-7-12/h4-5,8-9,12,14-15H,1-3,6-7,10H2,(H,19,21)(H,20,22). The molecule has 0 heterocycles. The van der Waals surface area contributed by atoms with Crippen LogP contribution in [0.2, 0.25) is 5.02 Å². The molecule has 2 atom stereocenters. The van der Waals surface area contributed by atoms with Crippen LogP contribution in [0.4, 0.5) is 5.69 Å². The highest BCUT2D eigenvalue weighted by Crippen LogP contribution is 2.40. The van der Waals surface area contributed by atoms with E-state index < -0.39 is 0 Å². The van der Waals surface area contributed by atoms with Crippen molar-refractivity contribution in [1.29, 1.82) is 0 Å². The van der Waals surface area contributed by atoms with Gasteiger partial charge >= 0.3 is 0 Å². The van der Waals surface area contributed by atoms with Gasteiger partial charge in [0.15, 0.2) is 0 Å². The van der Waals surface area contributed by atoms with Crippen LogP contribution in [0.5, 0.6) is 0 Å². The molecule has 1 aromatic carbocycles. The molecule has 2 amide bonds. The summed E-state index contributed by atoms with van der Waals surface area (Å²) in [7, 11) is 0. The fraction of sp³-hybridized carbons (Fsp3) is 0.529. The lowest BCUT2D eigenvalue weighted by atomic mass is 9.95. The molecule has 4 nitrogen and oxygen atoms in total. The number of amides is 2. The summed E-state index contributed by atoms with van der Waals surface area (Å²) >= 11 is 5.90. The van der Waals surface area contributed by atoms with Gasteiger partial charge in [0.05, 0.1) is 11.8 Å². The van der Waals surface area contributed by atoms with Gasteiger partial charge in [-0.25, -0.2) is 0 Å². The van der Waals surface area contributed by atoms with E-state index in [1.807, 2.05) is 0 Å². The van der Waals surface area contributed by atoms with E-state index in [1.165, 1.54) is 19.3 Å². The number of benzene rings is 1. The van der Waals surface area contributed by atoms with Crippen molar-refractivity contribution < 1.29 is 9.59 Å². The summed E-state index contributed by atoms with van der Waals surface area (Å²) < 4.78 is 0. The van der Waals surface area contributed by atoms with Crippen molar-refractivity contribution in [2.24, 2.45) is 11.8 Å². The average molecular weight is 321 g/mol. The molecule has 3 rings (SSSR count). The quantitative estimate of drug-likeness (QED) is 0.893. The largest absolute Gasteiger partial charge is 0.353 e. The van der Waals surface area contributed by atoms with Crippen LogP contribution in [-0.2, 0) is 9.59 Å². The summed E-state index contributed by atoms with van der Waals surface area (Å²) in [5.41, 5.74) is 0.677. The van der Waals surface area contributed by atoms with Gasteiger partial charge in [-0.1, -0.05) is 36.9 Å². The highest BCUT2D eigenvalue weighted by molar-refractivity contribution is 6.30. The van der Waals surface area contributed by atoms with Crippen LogP contribution >= 0.6 is 11.6 Å². The highest BCUT2D eigenvalue weighted by Gasteiger charge is 2.48. The molecule has 22 heavy (non-hydrogen) atoms. The number of nitrogens with one attached hydrogen (secondary N) is 2. The fourth-order valence-electron chi connectivity index (χ4n) is 3.13. The van der Waals surface area contributed by atoms with E-state index in [1.54, 1.807) is 24.3 Å². The third-order valence-corrected chi connectivity index (χ3v) is 4.74. The lowest BCUT2D eigenvalue weighted by molar-refractivity contribution is -0.126. The lowest BCUT2D eigenvalue weighted by Gasteiger charge is -2.22. The first-order chi connectivity index (χ1) is 10.6. The molecule has 0 aromatic heterocycles. The third-order valence-electron chi connectivity index (χ3n) is 4.51. The SMILES string of the molecule is O=C(Nc1cccc(Cl)c1)C1CC1C(=O)NC1CCCCC1. The zero-order chi connectivity index (χ0) is 15.5. The smallest absolute Gasteiger partial charge is 0.228 e. The van der Waals surface area contributed by atoms with Crippen LogP contribution in [0.1, 0.15) is 38.5 Å². The maximum absolute atomic E-state index is 12.2. The van der Waals surface area contributed by atoms with E-state index in [0.29, 0.717) is 23.2 Å². The Morgan fingerprint density at radius 1 is 1.05 bits per heavy atom. The third kappa shape index (κ3) is 3.80. The minimum atomic E-state index is -0.206. The topological polar surface area (TPSA) is 58.2 Å². The van der Waals surface area contributed by atoms with Crippen molar-refractivity contribution in [2.45, 2.75) is 44.6 Å². The molecule has 0 saturated heterocycles. The van der Waals surface area contributed by atoms with Crippen molar-refractivity contribution in [3.8, 4) is 0 Å². The summed E-state index contributed by atoms with van der Waals surface area (Å²) in [5, 5.41) is 6.51. The van der Waals surface area contributed by atoms with Gasteiger partial charge in [-0.3, -0.25) is 9.59 Å². The van der Waals surface area contributed by atoms with Crippen LogP contribution in [0.15, 0.2) is 24.3 Å². The van der Waals surface area contributed by atoms with E-state index in [2.05, 4.69) is 10.6 Å². The summed E-state index contributed by atoms with van der Waals surface area (Å²) in [6.45, 7) is 0. The molecule has 2 fully saturated rings. The number of halogens is 1. The van der Waals surface area contributed by atoms with E-state index >= 15 is 0 Å². The molecular formula is C17H21ClN2O2. The number of rotatable bonds is 4. The minimum absolute atomic E-state index is 0.0399. The second-order valence-electron chi connectivity index (χ2n) is 6.29. The molecule has 2 N–H and O–H groups in total. The van der Waals surface area contributed by atoms with Gasteiger partial charge in [-0.2, -0.15) is 0 Å². The van der Waals surface area contributed by atoms with Crippen LogP contribution in [0, 0.1) is 11.8 Å². The molecule has 0 radical (unpaired) electrons. The number of hydrogen-bond donors (Lipinski definition) is 2. The van der Waals surface area contributed by atoms with Gasteiger partial charge in [0, 0.05) is 16.8 Å². The van der Waals surface area contributed by atoms with Crippen LogP contribution < -0.4 is 10.6 Å². The molecule has 1 aromatic rings. The first kappa shape index (κ1) is 15.3. The summed E-state index contributed by atoms with van der Waals surface area (Å²) in [4.78, 5) is 24.3. The molecule has 118 valence electrons. The van der Waals surface area contributed by atoms with Crippen molar-refractivity contribution in [3.05, 3.63) is 29.3 Å². The summed E-state index contributed by atoms with van der Waals surface area (Å²) in [5.74, 6) is -0.423. The second kappa shape index (κ2) is 6.69. The number of hydrogen-bond acceptors (Lipinski definition) is 2. The lowest BCUT2D eigenvalue weighted by Crippen LogP contribution is -2.37. The zero-order valence-corrected chi connectivity index (χ0v) is 13.2. The maximum Gasteiger partial charge on any atom is 0.228 e. The van der Waals surface area contributed by atoms with Crippen LogP contribution in [0.25, 0.3) is 0 Å². The van der Waals surface area contributed by atoms with E-state index in [4.69, 9.17) is 11.6 Å². The van der Waals surface area contributed by atoms with Crippen LogP contribution in [0.3, 0.4) is 0 Å². The van der Waals surface area contributed by atoms with Crippen molar-refractivity contribution >= 4 is 29.1 Å². The Morgan fingerprint density at radius 3 is 2.50 bits per heavy atom. The molecule has 0 spiro atoms. The van der Waals surface area contributed by atoms with Gasteiger partial charge in [0.25, 0.3) is 0 Å². The first-order valence-corrected chi connectivity index (χ1v) is 8.38. The fourth-order valence-corrected chi connectivity index (χ4v) is 3.32. The monoisotopic (exact) mass is 320 g/mol. The highest BCUT2D eigenvalue weighted by atomic mass is 35.5. The number of carbonyl (C=O) groups excluding carboxylic acids is 2. The Balaban J connectivity index is 1.48. The average Bonchev–Trinajstić information content (AvgIpc) is 3.29. The van der Waals surface area contributed by atoms with E-state index in [0.717, 1.165) is 12.8 Å². The minimum Gasteiger partial charge on any atom is -0.353 e. The van der Waals surface area contributed by atoms with Gasteiger partial charge in [0.2, 0.25) is 11.8 Å². The van der Waals surface area contributed by atoms with Crippen molar-refractivity contribution in [1.82, 2.24) is 5.32 Å². The predicted octanol–water partition coefficient (Wildman–Crippen LogP) is 3.36. The molecule has 0 aliphatic heterocycles. The first-order valence-electron chi connectivity index (χ1n) is 8.00. The molecule has 0 bridgehead atoms. The Labute approximate surface area is 135 Å². The number of anilines is 1. The summed E-state index contributed by atoms with van der Waals surface area (Å²) in [6, 6.07) is 7.35. The van der Waals surface area contributed by atoms with E-state index in [9.17, 15) is 9.59 Å². The Bertz CT molecular complexity index is 570. The van der Waals surface area contributed by atoms with Gasteiger partial charge < -0.3 is 10.6 Å². The van der Waals surface area contributed by atoms with E-state index in [-0.39, 0.29) is 23.7 Å². The molecule has 2 unspecified atom stereocenters. The molecule has 2 saturated carbocycles. The molecular weight excluding hydrogens is 300 g/mol. The normalized spacial score (nSPS) is 24.6. The zero-order valence-electron chi connectivity index (χ0n) is 12.5.